The second kappa shape index (κ2) is 8.97. The SMILES string of the molecule is Br.CCc1ccc(-c2cc(NCCN(C)C)c3ccccc3n2)cc1. The molecule has 0 unspecified atom stereocenters. The van der Waals surface area contributed by atoms with E-state index in [1.165, 1.54) is 10.9 Å². The van der Waals surface area contributed by atoms with Gasteiger partial charge in [-0.2, -0.15) is 0 Å². The van der Waals surface area contributed by atoms with Gasteiger partial charge in [-0.1, -0.05) is 49.4 Å². The molecule has 0 spiro atoms. The maximum Gasteiger partial charge on any atom is 0.0730 e. The van der Waals surface area contributed by atoms with E-state index in [1.807, 2.05) is 6.07 Å². The van der Waals surface area contributed by atoms with Crippen molar-refractivity contribution in [2.75, 3.05) is 32.5 Å². The standard InChI is InChI=1S/C21H25N3.BrH/c1-4-16-9-11-17(12-10-16)20-15-21(22-13-14-24(2)3)18-7-5-6-8-19(18)23-20;/h5-12,15H,4,13-14H2,1-3H3,(H,22,23);1H. The first-order chi connectivity index (χ1) is 11.7. The minimum Gasteiger partial charge on any atom is -0.383 e. The number of hydrogen-bond acceptors (Lipinski definition) is 3. The van der Waals surface area contributed by atoms with Crippen LogP contribution in [0, 0.1) is 0 Å². The summed E-state index contributed by atoms with van der Waals surface area (Å²) in [6, 6.07) is 19.2. The van der Waals surface area contributed by atoms with Gasteiger partial charge in [-0.3, -0.25) is 0 Å². The molecule has 132 valence electrons. The Balaban J connectivity index is 0.00000225. The normalized spacial score (nSPS) is 10.7. The summed E-state index contributed by atoms with van der Waals surface area (Å²) in [6.45, 7) is 4.09. The van der Waals surface area contributed by atoms with Crippen molar-refractivity contribution in [2.45, 2.75) is 13.3 Å². The average molecular weight is 400 g/mol. The van der Waals surface area contributed by atoms with E-state index in [4.69, 9.17) is 4.98 Å². The molecule has 0 aliphatic carbocycles. The third-order valence-corrected chi connectivity index (χ3v) is 4.25. The molecule has 0 aliphatic heterocycles. The zero-order valence-corrected chi connectivity index (χ0v) is 16.8. The van der Waals surface area contributed by atoms with E-state index in [0.717, 1.165) is 42.0 Å². The summed E-state index contributed by atoms with van der Waals surface area (Å²) in [5.74, 6) is 0. The molecule has 0 bridgehead atoms. The number of para-hydroxylation sites is 1. The number of rotatable bonds is 6. The second-order valence-electron chi connectivity index (χ2n) is 6.35. The first-order valence-electron chi connectivity index (χ1n) is 8.55. The molecule has 25 heavy (non-hydrogen) atoms. The Labute approximate surface area is 160 Å². The predicted molar refractivity (Wildman–Crippen MR) is 114 cm³/mol. The van der Waals surface area contributed by atoms with Gasteiger partial charge in [-0.15, -0.1) is 17.0 Å². The number of hydrogen-bond donors (Lipinski definition) is 1. The molecule has 1 N–H and O–H groups in total. The molecule has 1 aromatic heterocycles. The Bertz CT molecular complexity index is 813. The van der Waals surface area contributed by atoms with Gasteiger partial charge in [0, 0.05) is 29.7 Å². The number of nitrogens with zero attached hydrogens (tertiary/aromatic N) is 2. The number of nitrogens with one attached hydrogen (secondary N) is 1. The number of pyridine rings is 1. The van der Waals surface area contributed by atoms with Gasteiger partial charge in [0.15, 0.2) is 0 Å². The Kier molecular flexibility index (Phi) is 6.97. The number of halogens is 1. The molecule has 0 saturated carbocycles. The molecule has 0 atom stereocenters. The van der Waals surface area contributed by atoms with Crippen molar-refractivity contribution < 1.29 is 0 Å². The summed E-state index contributed by atoms with van der Waals surface area (Å²) >= 11 is 0. The summed E-state index contributed by atoms with van der Waals surface area (Å²) in [5, 5.41) is 4.74. The summed E-state index contributed by atoms with van der Waals surface area (Å²) in [4.78, 5) is 7.04. The Morgan fingerprint density at radius 1 is 1.00 bits per heavy atom. The first-order valence-corrected chi connectivity index (χ1v) is 8.55. The number of anilines is 1. The van der Waals surface area contributed by atoms with E-state index in [-0.39, 0.29) is 17.0 Å². The monoisotopic (exact) mass is 399 g/mol. The molecule has 3 rings (SSSR count). The third kappa shape index (κ3) is 4.80. The molecule has 0 saturated heterocycles. The first kappa shape index (κ1) is 19.4. The largest absolute Gasteiger partial charge is 0.383 e. The second-order valence-corrected chi connectivity index (χ2v) is 6.35. The smallest absolute Gasteiger partial charge is 0.0730 e. The van der Waals surface area contributed by atoms with Crippen LogP contribution in [0.2, 0.25) is 0 Å². The van der Waals surface area contributed by atoms with Crippen LogP contribution >= 0.6 is 17.0 Å². The van der Waals surface area contributed by atoms with Gasteiger partial charge in [0.25, 0.3) is 0 Å². The van der Waals surface area contributed by atoms with E-state index < -0.39 is 0 Å². The number of aryl methyl sites for hydroxylation is 1. The molecule has 3 aromatic rings. The van der Waals surface area contributed by atoms with Crippen LogP contribution in [0.4, 0.5) is 5.69 Å². The lowest BCUT2D eigenvalue weighted by Crippen LogP contribution is -2.20. The molecular weight excluding hydrogens is 374 g/mol. The quantitative estimate of drug-likeness (QED) is 0.630. The van der Waals surface area contributed by atoms with Crippen LogP contribution in [0.1, 0.15) is 12.5 Å². The topological polar surface area (TPSA) is 28.2 Å². The van der Waals surface area contributed by atoms with Gasteiger partial charge in [0.1, 0.15) is 0 Å². The molecule has 0 fully saturated rings. The predicted octanol–water partition coefficient (Wildman–Crippen LogP) is 5.02. The van der Waals surface area contributed by atoms with Gasteiger partial charge < -0.3 is 10.2 Å². The van der Waals surface area contributed by atoms with E-state index in [9.17, 15) is 0 Å². The lowest BCUT2D eigenvalue weighted by molar-refractivity contribution is 0.425. The highest BCUT2D eigenvalue weighted by atomic mass is 79.9. The fourth-order valence-electron chi connectivity index (χ4n) is 2.79. The van der Waals surface area contributed by atoms with Gasteiger partial charge in [-0.25, -0.2) is 4.98 Å². The maximum absolute atomic E-state index is 4.85. The van der Waals surface area contributed by atoms with Crippen molar-refractivity contribution in [1.82, 2.24) is 9.88 Å². The third-order valence-electron chi connectivity index (χ3n) is 4.25. The van der Waals surface area contributed by atoms with Crippen LogP contribution in [0.15, 0.2) is 54.6 Å². The van der Waals surface area contributed by atoms with Crippen LogP contribution in [0.3, 0.4) is 0 Å². The Morgan fingerprint density at radius 3 is 2.40 bits per heavy atom. The van der Waals surface area contributed by atoms with Gasteiger partial charge in [0.05, 0.1) is 11.2 Å². The lowest BCUT2D eigenvalue weighted by atomic mass is 10.0. The molecule has 2 aromatic carbocycles. The van der Waals surface area contributed by atoms with E-state index in [0.29, 0.717) is 0 Å². The molecule has 0 radical (unpaired) electrons. The van der Waals surface area contributed by atoms with Crippen LogP contribution < -0.4 is 5.32 Å². The number of likely N-dealkylation sites (N-methyl/N-ethyl adjacent to an activating group) is 1. The van der Waals surface area contributed by atoms with Crippen molar-refractivity contribution in [1.29, 1.82) is 0 Å². The lowest BCUT2D eigenvalue weighted by Gasteiger charge is -2.14. The molecule has 0 aliphatic rings. The van der Waals surface area contributed by atoms with Crippen molar-refractivity contribution in [2.24, 2.45) is 0 Å². The number of benzene rings is 2. The summed E-state index contributed by atoms with van der Waals surface area (Å²) in [5.41, 5.74) is 5.71. The highest BCUT2D eigenvalue weighted by Gasteiger charge is 2.07. The molecular formula is C21H26BrN3. The van der Waals surface area contributed by atoms with Gasteiger partial charge in [-0.05, 0) is 38.2 Å². The van der Waals surface area contributed by atoms with Crippen molar-refractivity contribution >= 4 is 33.6 Å². The Hall–Kier alpha value is -1.91. The highest BCUT2D eigenvalue weighted by Crippen LogP contribution is 2.28. The minimum absolute atomic E-state index is 0. The van der Waals surface area contributed by atoms with Crippen LogP contribution in [-0.4, -0.2) is 37.1 Å². The fraction of sp³-hybridized carbons (Fsp3) is 0.286. The van der Waals surface area contributed by atoms with Gasteiger partial charge in [0.2, 0.25) is 0 Å². The van der Waals surface area contributed by atoms with Crippen molar-refractivity contribution in [3.8, 4) is 11.3 Å². The molecule has 1 heterocycles. The fourth-order valence-corrected chi connectivity index (χ4v) is 2.79. The maximum atomic E-state index is 4.85. The van der Waals surface area contributed by atoms with Crippen LogP contribution in [-0.2, 0) is 6.42 Å². The van der Waals surface area contributed by atoms with Gasteiger partial charge >= 0.3 is 0 Å². The van der Waals surface area contributed by atoms with Crippen molar-refractivity contribution in [3.63, 3.8) is 0 Å². The van der Waals surface area contributed by atoms with E-state index >= 15 is 0 Å². The van der Waals surface area contributed by atoms with E-state index in [1.54, 1.807) is 0 Å². The zero-order chi connectivity index (χ0) is 16.9. The Morgan fingerprint density at radius 2 is 1.72 bits per heavy atom. The molecule has 3 nitrogen and oxygen atoms in total. The van der Waals surface area contributed by atoms with Crippen molar-refractivity contribution in [3.05, 3.63) is 60.2 Å². The molecule has 4 heteroatoms. The number of fused-ring (bicyclic) bond motifs is 1. The number of aromatic nitrogens is 1. The average Bonchev–Trinajstić information content (AvgIpc) is 2.61. The zero-order valence-electron chi connectivity index (χ0n) is 15.1. The summed E-state index contributed by atoms with van der Waals surface area (Å²) < 4.78 is 0. The summed E-state index contributed by atoms with van der Waals surface area (Å²) in [7, 11) is 4.18. The van der Waals surface area contributed by atoms with Crippen LogP contribution in [0.5, 0.6) is 0 Å². The molecule has 0 amide bonds. The highest BCUT2D eigenvalue weighted by molar-refractivity contribution is 8.93. The van der Waals surface area contributed by atoms with E-state index in [2.05, 4.69) is 79.8 Å². The summed E-state index contributed by atoms with van der Waals surface area (Å²) in [6.07, 6.45) is 1.06. The van der Waals surface area contributed by atoms with Crippen LogP contribution in [0.25, 0.3) is 22.2 Å². The minimum atomic E-state index is 0.